The zero-order valence-electron chi connectivity index (χ0n) is 15.8. The summed E-state index contributed by atoms with van der Waals surface area (Å²) in [5.41, 5.74) is 5.38. The van der Waals surface area contributed by atoms with E-state index in [1.807, 2.05) is 36.4 Å². The first-order valence-corrected chi connectivity index (χ1v) is 9.30. The Morgan fingerprint density at radius 1 is 0.500 bits per heavy atom. The molecule has 0 fully saturated rings. The van der Waals surface area contributed by atoms with Crippen LogP contribution >= 0.6 is 0 Å². The second kappa shape index (κ2) is 7.92. The molecule has 0 radical (unpaired) electrons. The molecule has 0 bridgehead atoms. The molecule has 3 heterocycles. The number of nitrogens with zero attached hydrogens (tertiary/aromatic N) is 7. The average Bonchev–Trinajstić information content (AvgIpc) is 2.85. The van der Waals surface area contributed by atoms with Gasteiger partial charge in [0.25, 0.3) is 0 Å². The van der Waals surface area contributed by atoms with Crippen LogP contribution in [0.4, 0.5) is 0 Å². The van der Waals surface area contributed by atoms with E-state index in [0.717, 1.165) is 33.5 Å². The van der Waals surface area contributed by atoms with Gasteiger partial charge in [-0.1, -0.05) is 36.4 Å². The van der Waals surface area contributed by atoms with Gasteiger partial charge in [-0.3, -0.25) is 4.98 Å². The lowest BCUT2D eigenvalue weighted by Gasteiger charge is -2.15. The number of hydrogen-bond acceptors (Lipinski definition) is 7. The third-order valence-electron chi connectivity index (χ3n) is 4.64. The van der Waals surface area contributed by atoms with Gasteiger partial charge in [-0.2, -0.15) is 0 Å². The van der Waals surface area contributed by atoms with Crippen molar-refractivity contribution < 1.29 is 0 Å². The van der Waals surface area contributed by atoms with Crippen molar-refractivity contribution in [3.05, 3.63) is 92.2 Å². The van der Waals surface area contributed by atoms with Crippen LogP contribution in [0.1, 0.15) is 0 Å². The summed E-state index contributed by atoms with van der Waals surface area (Å²) in [4.78, 5) is 30.1. The Labute approximate surface area is 172 Å². The molecule has 0 saturated heterocycles. The molecule has 0 saturated carbocycles. The molecule has 3 aromatic heterocycles. The van der Waals surface area contributed by atoms with E-state index in [-0.39, 0.29) is 0 Å². The lowest BCUT2D eigenvalue weighted by Crippen LogP contribution is -2.00. The first-order chi connectivity index (χ1) is 14.9. The Hall–Kier alpha value is -4.39. The van der Waals surface area contributed by atoms with Crippen molar-refractivity contribution in [1.82, 2.24) is 34.9 Å². The fraction of sp³-hybridized carbons (Fsp3) is 0. The van der Waals surface area contributed by atoms with Gasteiger partial charge in [0.2, 0.25) is 0 Å². The second-order valence-electron chi connectivity index (χ2n) is 6.45. The average molecular weight is 389 g/mol. The number of pyridine rings is 1. The van der Waals surface area contributed by atoms with Crippen molar-refractivity contribution in [3.8, 4) is 45.2 Å². The third kappa shape index (κ3) is 3.40. The molecule has 0 aliphatic rings. The van der Waals surface area contributed by atoms with Crippen LogP contribution in [0.3, 0.4) is 0 Å². The van der Waals surface area contributed by atoms with Crippen molar-refractivity contribution in [3.63, 3.8) is 0 Å². The predicted octanol–water partition coefficient (Wildman–Crippen LogP) is 4.12. The maximum absolute atomic E-state index is 4.58. The largest absolute Gasteiger partial charge is 0.256 e. The minimum absolute atomic E-state index is 0.528. The lowest BCUT2D eigenvalue weighted by atomic mass is 9.91. The van der Waals surface area contributed by atoms with Gasteiger partial charge in [0.05, 0.1) is 5.69 Å². The topological polar surface area (TPSA) is 90.2 Å². The van der Waals surface area contributed by atoms with Crippen LogP contribution in [0.2, 0.25) is 0 Å². The van der Waals surface area contributed by atoms with Gasteiger partial charge in [-0.15, -0.1) is 0 Å². The molecule has 0 aliphatic heterocycles. The highest BCUT2D eigenvalue weighted by molar-refractivity contribution is 5.93. The fourth-order valence-corrected chi connectivity index (χ4v) is 3.33. The highest BCUT2D eigenvalue weighted by Crippen LogP contribution is 2.40. The zero-order valence-corrected chi connectivity index (χ0v) is 15.8. The normalized spacial score (nSPS) is 10.7. The van der Waals surface area contributed by atoms with Gasteiger partial charge in [0, 0.05) is 22.9 Å². The molecule has 0 unspecified atom stereocenters. The quantitative estimate of drug-likeness (QED) is 0.457. The molecule has 0 amide bonds. The van der Waals surface area contributed by atoms with Crippen molar-refractivity contribution in [2.24, 2.45) is 0 Å². The molecule has 2 aromatic carbocycles. The minimum Gasteiger partial charge on any atom is -0.256 e. The van der Waals surface area contributed by atoms with Gasteiger partial charge >= 0.3 is 0 Å². The Bertz CT molecular complexity index is 1200. The van der Waals surface area contributed by atoms with E-state index in [9.17, 15) is 0 Å². The van der Waals surface area contributed by atoms with Crippen LogP contribution in [0.25, 0.3) is 45.2 Å². The molecule has 142 valence electrons. The lowest BCUT2D eigenvalue weighted by molar-refractivity contribution is 1.04. The Morgan fingerprint density at radius 2 is 1.13 bits per heavy atom. The number of rotatable bonds is 4. The monoisotopic (exact) mass is 389 g/mol. The van der Waals surface area contributed by atoms with E-state index < -0.39 is 0 Å². The van der Waals surface area contributed by atoms with E-state index in [0.29, 0.717) is 11.6 Å². The number of benzene rings is 2. The first kappa shape index (κ1) is 17.7. The van der Waals surface area contributed by atoms with Crippen LogP contribution in [0.5, 0.6) is 0 Å². The molecular formula is C23H15N7. The van der Waals surface area contributed by atoms with Crippen molar-refractivity contribution in [1.29, 1.82) is 0 Å². The van der Waals surface area contributed by atoms with Crippen LogP contribution < -0.4 is 0 Å². The molecule has 7 nitrogen and oxygen atoms in total. The van der Waals surface area contributed by atoms with Crippen molar-refractivity contribution in [2.75, 3.05) is 0 Å². The van der Waals surface area contributed by atoms with E-state index in [2.05, 4.69) is 59.2 Å². The minimum atomic E-state index is 0.528. The van der Waals surface area contributed by atoms with E-state index in [1.165, 1.54) is 25.3 Å². The Kier molecular flexibility index (Phi) is 4.67. The summed E-state index contributed by atoms with van der Waals surface area (Å²) >= 11 is 0. The van der Waals surface area contributed by atoms with Gasteiger partial charge in [-0.05, 0) is 35.4 Å². The number of aromatic nitrogens is 7. The van der Waals surface area contributed by atoms with Gasteiger partial charge < -0.3 is 0 Å². The predicted molar refractivity (Wildman–Crippen MR) is 113 cm³/mol. The Balaban J connectivity index is 1.88. The molecule has 0 atom stereocenters. The smallest absolute Gasteiger partial charge is 0.164 e. The molecule has 5 rings (SSSR count). The van der Waals surface area contributed by atoms with Crippen LogP contribution in [-0.4, -0.2) is 34.9 Å². The van der Waals surface area contributed by atoms with Crippen LogP contribution in [-0.2, 0) is 0 Å². The zero-order chi connectivity index (χ0) is 20.2. The van der Waals surface area contributed by atoms with E-state index in [1.54, 1.807) is 6.20 Å². The molecule has 0 aliphatic carbocycles. The first-order valence-electron chi connectivity index (χ1n) is 9.30. The maximum Gasteiger partial charge on any atom is 0.164 e. The summed E-state index contributed by atoms with van der Waals surface area (Å²) in [7, 11) is 0. The third-order valence-corrected chi connectivity index (χ3v) is 4.64. The number of hydrogen-bond donors (Lipinski definition) is 0. The summed E-state index contributed by atoms with van der Waals surface area (Å²) in [6.07, 6.45) is 7.69. The highest BCUT2D eigenvalue weighted by Gasteiger charge is 2.20. The molecule has 0 spiro atoms. The summed E-state index contributed by atoms with van der Waals surface area (Å²) < 4.78 is 0. The van der Waals surface area contributed by atoms with Gasteiger partial charge in [0.1, 0.15) is 25.3 Å². The van der Waals surface area contributed by atoms with E-state index >= 15 is 0 Å². The molecule has 0 N–H and O–H groups in total. The van der Waals surface area contributed by atoms with Gasteiger partial charge in [0.15, 0.2) is 11.6 Å². The van der Waals surface area contributed by atoms with Crippen LogP contribution in [0.15, 0.2) is 92.2 Å². The SMILES string of the molecule is c1ccc(-c2cc(-c3ccccn3)c(-c3ncncn3)c(-c3ncncn3)c2)cc1. The molecular weight excluding hydrogens is 374 g/mol. The molecule has 30 heavy (non-hydrogen) atoms. The van der Waals surface area contributed by atoms with Crippen molar-refractivity contribution in [2.45, 2.75) is 0 Å². The standard InChI is InChI=1S/C23H15N7/c1-2-6-16(7-3-1)17-10-18(20-8-4-5-9-26-20)21(23-29-14-25-15-30-23)19(11-17)22-27-12-24-13-28-22/h1-15H. The molecule has 5 aromatic rings. The molecule has 7 heteroatoms. The summed E-state index contributed by atoms with van der Waals surface area (Å²) in [5.74, 6) is 1.07. The maximum atomic E-state index is 4.58. The van der Waals surface area contributed by atoms with Crippen LogP contribution in [0, 0.1) is 0 Å². The summed E-state index contributed by atoms with van der Waals surface area (Å²) in [5, 5.41) is 0. The summed E-state index contributed by atoms with van der Waals surface area (Å²) in [6, 6.07) is 20.1. The van der Waals surface area contributed by atoms with E-state index in [4.69, 9.17) is 0 Å². The fourth-order valence-electron chi connectivity index (χ4n) is 3.33. The van der Waals surface area contributed by atoms with Gasteiger partial charge in [-0.25, -0.2) is 29.9 Å². The highest BCUT2D eigenvalue weighted by atomic mass is 15.0. The second-order valence-corrected chi connectivity index (χ2v) is 6.45. The summed E-state index contributed by atoms with van der Waals surface area (Å²) in [6.45, 7) is 0. The Morgan fingerprint density at radius 3 is 1.80 bits per heavy atom. The van der Waals surface area contributed by atoms with Crippen molar-refractivity contribution >= 4 is 0 Å².